The molecular formula is C25H32ClN3O6S. The number of halogens is 1. The number of nitrogens with zero attached hydrogens (tertiary/aromatic N) is 2. The molecule has 9 nitrogen and oxygen atoms in total. The average Bonchev–Trinajstić information content (AvgIpc) is 3.28. The molecular weight excluding hydrogens is 506 g/mol. The predicted octanol–water partition coefficient (Wildman–Crippen LogP) is 3.56. The lowest BCUT2D eigenvalue weighted by Crippen LogP contribution is -2.54. The third-order valence-corrected chi connectivity index (χ3v) is 7.55. The van der Waals surface area contributed by atoms with Gasteiger partial charge in [-0.05, 0) is 64.4 Å². The first-order chi connectivity index (χ1) is 16.8. The normalized spacial score (nSPS) is 13.7. The molecule has 11 heteroatoms. The number of amides is 2. The number of hydrogen-bond donors (Lipinski definition) is 1. The van der Waals surface area contributed by atoms with Gasteiger partial charge < -0.3 is 19.7 Å². The highest BCUT2D eigenvalue weighted by molar-refractivity contribution is 7.92. The number of benzene rings is 2. The maximum atomic E-state index is 13.7. The van der Waals surface area contributed by atoms with E-state index >= 15 is 0 Å². The number of sulfonamides is 1. The number of nitrogens with one attached hydrogen (secondary N) is 1. The number of fused-ring (bicyclic) bond motifs is 1. The van der Waals surface area contributed by atoms with Gasteiger partial charge in [-0.2, -0.15) is 0 Å². The fraction of sp³-hybridized carbons (Fsp3) is 0.440. The van der Waals surface area contributed by atoms with Crippen LogP contribution in [0.4, 0.5) is 5.69 Å². The number of carbonyl (C=O) groups is 2. The summed E-state index contributed by atoms with van der Waals surface area (Å²) in [5.41, 5.74) is 0.508. The van der Waals surface area contributed by atoms with Gasteiger partial charge in [-0.15, -0.1) is 0 Å². The average molecular weight is 538 g/mol. The van der Waals surface area contributed by atoms with Crippen LogP contribution < -0.4 is 19.1 Å². The maximum Gasteiger partial charge on any atom is 0.244 e. The lowest BCUT2D eigenvalue weighted by Gasteiger charge is -2.33. The number of anilines is 1. The molecule has 1 N–H and O–H groups in total. The number of rotatable bonds is 9. The Bertz CT molecular complexity index is 1210. The summed E-state index contributed by atoms with van der Waals surface area (Å²) in [6.07, 6.45) is 0. The largest absolute Gasteiger partial charge is 0.454 e. The van der Waals surface area contributed by atoms with Gasteiger partial charge in [0.25, 0.3) is 0 Å². The summed E-state index contributed by atoms with van der Waals surface area (Å²) >= 11 is 6.00. The van der Waals surface area contributed by atoms with Crippen LogP contribution >= 0.6 is 11.6 Å². The topological polar surface area (TPSA) is 105 Å². The van der Waals surface area contributed by atoms with Crippen molar-refractivity contribution in [3.05, 3.63) is 53.1 Å². The van der Waals surface area contributed by atoms with Crippen molar-refractivity contribution in [2.75, 3.05) is 23.4 Å². The van der Waals surface area contributed by atoms with Crippen LogP contribution in [0.1, 0.15) is 40.2 Å². The highest BCUT2D eigenvalue weighted by Crippen LogP contribution is 2.36. The molecule has 0 fully saturated rings. The van der Waals surface area contributed by atoms with Crippen LogP contribution in [-0.2, 0) is 26.2 Å². The summed E-state index contributed by atoms with van der Waals surface area (Å²) in [4.78, 5) is 28.0. The molecule has 1 atom stereocenters. The monoisotopic (exact) mass is 537 g/mol. The first kappa shape index (κ1) is 27.6. The molecule has 36 heavy (non-hydrogen) atoms. The molecule has 1 heterocycles. The second-order valence-electron chi connectivity index (χ2n) is 9.51. The van der Waals surface area contributed by atoms with Gasteiger partial charge in [0.1, 0.15) is 12.6 Å². The van der Waals surface area contributed by atoms with E-state index in [1.165, 1.54) is 17.9 Å². The van der Waals surface area contributed by atoms with Gasteiger partial charge in [-0.25, -0.2) is 8.42 Å². The highest BCUT2D eigenvalue weighted by atomic mass is 35.5. The molecule has 0 spiro atoms. The highest BCUT2D eigenvalue weighted by Gasteiger charge is 2.32. The number of hydrogen-bond acceptors (Lipinski definition) is 6. The zero-order valence-electron chi connectivity index (χ0n) is 21.1. The molecule has 2 aromatic rings. The Labute approximate surface area is 217 Å². The van der Waals surface area contributed by atoms with Crippen molar-refractivity contribution in [2.24, 2.45) is 0 Å². The zero-order chi connectivity index (χ0) is 26.7. The van der Waals surface area contributed by atoms with E-state index in [9.17, 15) is 18.0 Å². The van der Waals surface area contributed by atoms with Gasteiger partial charge in [-0.3, -0.25) is 13.9 Å². The van der Waals surface area contributed by atoms with Crippen molar-refractivity contribution in [3.63, 3.8) is 0 Å². The first-order valence-electron chi connectivity index (χ1n) is 11.6. The molecule has 0 saturated carbocycles. The van der Waals surface area contributed by atoms with Crippen LogP contribution in [-0.4, -0.2) is 55.8 Å². The Balaban J connectivity index is 1.94. The van der Waals surface area contributed by atoms with Crippen LogP contribution in [0.5, 0.6) is 11.5 Å². The molecule has 0 bridgehead atoms. The Morgan fingerprint density at radius 2 is 1.72 bits per heavy atom. The Kier molecular flexibility index (Phi) is 8.40. The molecule has 1 aliphatic rings. The summed E-state index contributed by atoms with van der Waals surface area (Å²) in [7, 11) is -3.84. The van der Waals surface area contributed by atoms with E-state index in [0.29, 0.717) is 16.5 Å². The molecule has 0 saturated heterocycles. The van der Waals surface area contributed by atoms with Crippen molar-refractivity contribution in [1.29, 1.82) is 0 Å². The van der Waals surface area contributed by atoms with Crippen molar-refractivity contribution in [1.82, 2.24) is 10.2 Å². The van der Waals surface area contributed by atoms with Crippen molar-refractivity contribution in [3.8, 4) is 11.5 Å². The summed E-state index contributed by atoms with van der Waals surface area (Å²) in [5.74, 6) is -0.205. The van der Waals surface area contributed by atoms with Crippen LogP contribution in [0.3, 0.4) is 0 Å². The SMILES string of the molecule is CCS(=O)(=O)N(CC(=O)N(Cc1ccc(Cl)cc1)[C@@H](C)C(=O)NC(C)(C)C)c1ccc2c(c1)OCO2. The molecule has 0 aliphatic carbocycles. The number of carbonyl (C=O) groups excluding carboxylic acids is 2. The minimum absolute atomic E-state index is 0.0352. The van der Waals surface area contributed by atoms with E-state index < -0.39 is 34.1 Å². The quantitative estimate of drug-likeness (QED) is 0.524. The summed E-state index contributed by atoms with van der Waals surface area (Å²) in [6.45, 7) is 8.30. The molecule has 0 radical (unpaired) electrons. The Morgan fingerprint density at radius 1 is 1.08 bits per heavy atom. The summed E-state index contributed by atoms with van der Waals surface area (Å²) in [5, 5.41) is 3.43. The first-order valence-corrected chi connectivity index (χ1v) is 13.6. The van der Waals surface area contributed by atoms with Gasteiger partial charge in [0.05, 0.1) is 11.4 Å². The molecule has 2 aromatic carbocycles. The van der Waals surface area contributed by atoms with E-state index in [1.54, 1.807) is 43.3 Å². The van der Waals surface area contributed by atoms with Crippen LogP contribution in [0.25, 0.3) is 0 Å². The van der Waals surface area contributed by atoms with Crippen molar-refractivity contribution < 1.29 is 27.5 Å². The minimum atomic E-state index is -3.84. The van der Waals surface area contributed by atoms with E-state index in [1.807, 2.05) is 20.8 Å². The minimum Gasteiger partial charge on any atom is -0.454 e. The van der Waals surface area contributed by atoms with E-state index in [-0.39, 0.29) is 30.7 Å². The lowest BCUT2D eigenvalue weighted by atomic mass is 10.1. The third kappa shape index (κ3) is 6.82. The van der Waals surface area contributed by atoms with Gasteiger partial charge in [0.2, 0.25) is 28.6 Å². The molecule has 3 rings (SSSR count). The molecule has 0 aromatic heterocycles. The Hall–Kier alpha value is -2.98. The van der Waals surface area contributed by atoms with E-state index in [0.717, 1.165) is 9.87 Å². The number of ether oxygens (including phenoxy) is 2. The van der Waals surface area contributed by atoms with Crippen molar-refractivity contribution in [2.45, 2.75) is 52.7 Å². The van der Waals surface area contributed by atoms with Gasteiger partial charge in [-0.1, -0.05) is 23.7 Å². The van der Waals surface area contributed by atoms with Crippen LogP contribution in [0.15, 0.2) is 42.5 Å². The molecule has 1 aliphatic heterocycles. The zero-order valence-corrected chi connectivity index (χ0v) is 22.6. The fourth-order valence-electron chi connectivity index (χ4n) is 3.60. The summed E-state index contributed by atoms with van der Waals surface area (Å²) in [6, 6.07) is 10.7. The van der Waals surface area contributed by atoms with Crippen LogP contribution in [0, 0.1) is 0 Å². The lowest BCUT2D eigenvalue weighted by molar-refractivity contribution is -0.140. The smallest absolute Gasteiger partial charge is 0.244 e. The molecule has 2 amide bonds. The maximum absolute atomic E-state index is 13.7. The second-order valence-corrected chi connectivity index (χ2v) is 12.1. The fourth-order valence-corrected chi connectivity index (χ4v) is 4.78. The van der Waals surface area contributed by atoms with Gasteiger partial charge >= 0.3 is 0 Å². The Morgan fingerprint density at radius 3 is 2.33 bits per heavy atom. The van der Waals surface area contributed by atoms with Crippen LogP contribution in [0.2, 0.25) is 5.02 Å². The van der Waals surface area contributed by atoms with Gasteiger partial charge in [0, 0.05) is 23.2 Å². The summed E-state index contributed by atoms with van der Waals surface area (Å²) < 4.78 is 37.8. The van der Waals surface area contributed by atoms with E-state index in [4.69, 9.17) is 21.1 Å². The molecule has 196 valence electrons. The standard InChI is InChI=1S/C25H32ClN3O6S/c1-6-36(32,33)29(20-11-12-21-22(13-20)35-16-34-21)15-23(30)28(14-18-7-9-19(26)10-8-18)17(2)24(31)27-25(3,4)5/h7-13,17H,6,14-16H2,1-5H3,(H,27,31)/t17-/m0/s1. The predicted molar refractivity (Wildman–Crippen MR) is 139 cm³/mol. The second kappa shape index (κ2) is 11.0. The van der Waals surface area contributed by atoms with Gasteiger partial charge in [0.15, 0.2) is 11.5 Å². The van der Waals surface area contributed by atoms with Crippen molar-refractivity contribution >= 4 is 39.1 Å². The van der Waals surface area contributed by atoms with E-state index in [2.05, 4.69) is 5.32 Å². The third-order valence-electron chi connectivity index (χ3n) is 5.56. The molecule has 0 unspecified atom stereocenters.